The van der Waals surface area contributed by atoms with E-state index in [2.05, 4.69) is 5.10 Å². The highest BCUT2D eigenvalue weighted by Gasteiger charge is 2.29. The number of hydrogen-bond donors (Lipinski definition) is 1. The zero-order valence-corrected chi connectivity index (χ0v) is 23.6. The number of sulfonamides is 1. The van der Waals surface area contributed by atoms with Crippen LogP contribution in [0.25, 0.3) is 5.69 Å². The van der Waals surface area contributed by atoms with Crippen molar-refractivity contribution in [1.29, 1.82) is 0 Å². The summed E-state index contributed by atoms with van der Waals surface area (Å²) in [6, 6.07) is 21.5. The minimum absolute atomic E-state index is 0.113. The quantitative estimate of drug-likeness (QED) is 0.317. The van der Waals surface area contributed by atoms with E-state index in [0.29, 0.717) is 65.8 Å². The third kappa shape index (κ3) is 6.14. The van der Waals surface area contributed by atoms with E-state index in [0.717, 1.165) is 11.3 Å². The van der Waals surface area contributed by atoms with Crippen molar-refractivity contribution in [3.05, 3.63) is 111 Å². The molecule has 208 valence electrons. The largest absolute Gasteiger partial charge is 0.497 e. The molecule has 0 radical (unpaired) electrons. The predicted molar refractivity (Wildman–Crippen MR) is 158 cm³/mol. The molecule has 1 aliphatic rings. The first-order valence-corrected chi connectivity index (χ1v) is 14.8. The monoisotopic (exact) mass is 579 g/mol. The van der Waals surface area contributed by atoms with Gasteiger partial charge in [0.05, 0.1) is 30.4 Å². The fraction of sp³-hybridized carbons (Fsp3) is 0.241. The van der Waals surface area contributed by atoms with Crippen LogP contribution in [0.5, 0.6) is 5.75 Å². The molecule has 0 bridgehead atoms. The first-order valence-electron chi connectivity index (χ1n) is 12.8. The van der Waals surface area contributed by atoms with Gasteiger partial charge in [-0.2, -0.15) is 14.1 Å². The highest BCUT2D eigenvalue weighted by molar-refractivity contribution is 7.88. The van der Waals surface area contributed by atoms with E-state index in [4.69, 9.17) is 22.1 Å². The molecule has 2 heterocycles. The number of nitrogens with two attached hydrogens (primary N) is 1. The number of ether oxygens (including phenoxy) is 1. The number of halogens is 1. The van der Waals surface area contributed by atoms with Crippen LogP contribution in [0.4, 0.5) is 11.4 Å². The molecule has 1 saturated heterocycles. The van der Waals surface area contributed by atoms with Crippen molar-refractivity contribution in [2.45, 2.75) is 12.2 Å². The number of nitrogens with zero attached hydrogens (tertiary/aromatic N) is 4. The topological polar surface area (TPSA) is 111 Å². The molecule has 1 aliphatic heterocycles. The van der Waals surface area contributed by atoms with Crippen LogP contribution in [0.1, 0.15) is 16.7 Å². The number of piperazine rings is 1. The second-order valence-corrected chi connectivity index (χ2v) is 12.0. The molecule has 0 saturated carbocycles. The second kappa shape index (κ2) is 11.7. The van der Waals surface area contributed by atoms with Gasteiger partial charge < -0.3 is 15.4 Å². The van der Waals surface area contributed by atoms with Crippen molar-refractivity contribution < 1.29 is 13.2 Å². The van der Waals surface area contributed by atoms with Crippen molar-refractivity contribution in [2.75, 3.05) is 43.9 Å². The Morgan fingerprint density at radius 3 is 2.35 bits per heavy atom. The minimum atomic E-state index is -3.53. The van der Waals surface area contributed by atoms with Crippen LogP contribution in [0.3, 0.4) is 0 Å². The fourth-order valence-electron chi connectivity index (χ4n) is 4.85. The van der Waals surface area contributed by atoms with Crippen LogP contribution < -0.4 is 20.9 Å². The number of rotatable bonds is 8. The molecule has 1 fully saturated rings. The first-order chi connectivity index (χ1) is 19.2. The van der Waals surface area contributed by atoms with Crippen molar-refractivity contribution in [1.82, 2.24) is 14.1 Å². The number of anilines is 2. The SMILES string of the molecule is COc1ccc(Cc2c(N3CCN(S(=O)(=O)Cc4cccc(N)c4)CC3)cnn(-c3cccc(Cl)c3)c2=O)cc1. The molecular formula is C29H30ClN5O4S. The summed E-state index contributed by atoms with van der Waals surface area (Å²) < 4.78 is 34.4. The van der Waals surface area contributed by atoms with Gasteiger partial charge in [0.2, 0.25) is 10.0 Å². The summed E-state index contributed by atoms with van der Waals surface area (Å²) in [5, 5.41) is 4.97. The number of methoxy groups -OCH3 is 1. The Labute approximate surface area is 238 Å². The summed E-state index contributed by atoms with van der Waals surface area (Å²) in [7, 11) is -1.93. The smallest absolute Gasteiger partial charge is 0.277 e. The number of aromatic nitrogens is 2. The molecule has 5 rings (SSSR count). The summed E-state index contributed by atoms with van der Waals surface area (Å²) >= 11 is 6.18. The van der Waals surface area contributed by atoms with E-state index in [-0.39, 0.29) is 11.3 Å². The molecule has 0 atom stereocenters. The lowest BCUT2D eigenvalue weighted by molar-refractivity contribution is 0.384. The maximum absolute atomic E-state index is 13.8. The molecule has 3 aromatic carbocycles. The summed E-state index contributed by atoms with van der Waals surface area (Å²) in [6.45, 7) is 1.44. The van der Waals surface area contributed by atoms with Crippen molar-refractivity contribution in [3.63, 3.8) is 0 Å². The molecule has 0 aliphatic carbocycles. The minimum Gasteiger partial charge on any atom is -0.497 e. The highest BCUT2D eigenvalue weighted by atomic mass is 35.5. The molecule has 4 aromatic rings. The lowest BCUT2D eigenvalue weighted by Crippen LogP contribution is -2.49. The van der Waals surface area contributed by atoms with Gasteiger partial charge in [-0.25, -0.2) is 8.42 Å². The van der Waals surface area contributed by atoms with Gasteiger partial charge in [-0.15, -0.1) is 0 Å². The molecule has 0 unspecified atom stereocenters. The standard InChI is InChI=1S/C29H30ClN5O4S/c1-39-26-10-8-21(9-11-26)17-27-28(19-32-35(29(27)36)25-7-3-5-23(30)18-25)33-12-14-34(15-13-33)40(37,38)20-22-4-2-6-24(31)16-22/h2-11,16,18-19H,12-15,17,20,31H2,1H3. The Bertz CT molecular complexity index is 1670. The second-order valence-electron chi connectivity index (χ2n) is 9.62. The number of benzene rings is 3. The van der Waals surface area contributed by atoms with Crippen molar-refractivity contribution >= 4 is 33.0 Å². The maximum Gasteiger partial charge on any atom is 0.277 e. The molecule has 40 heavy (non-hydrogen) atoms. The maximum atomic E-state index is 13.8. The Balaban J connectivity index is 1.42. The highest BCUT2D eigenvalue weighted by Crippen LogP contribution is 2.25. The van der Waals surface area contributed by atoms with Crippen molar-refractivity contribution in [2.24, 2.45) is 0 Å². The van der Waals surface area contributed by atoms with Gasteiger partial charge in [-0.1, -0.05) is 41.9 Å². The molecule has 9 nitrogen and oxygen atoms in total. The summed E-state index contributed by atoms with van der Waals surface area (Å²) in [4.78, 5) is 15.8. The van der Waals surface area contributed by atoms with E-state index in [1.54, 1.807) is 61.8 Å². The summed E-state index contributed by atoms with van der Waals surface area (Å²) in [5.41, 5.74) is 9.51. The Morgan fingerprint density at radius 1 is 0.950 bits per heavy atom. The first kappa shape index (κ1) is 27.7. The van der Waals surface area contributed by atoms with E-state index in [9.17, 15) is 13.2 Å². The number of hydrogen-bond acceptors (Lipinski definition) is 7. The molecule has 0 spiro atoms. The zero-order chi connectivity index (χ0) is 28.3. The molecule has 0 amide bonds. The van der Waals surface area contributed by atoms with Crippen LogP contribution in [-0.2, 0) is 22.2 Å². The third-order valence-corrected chi connectivity index (χ3v) is 9.01. The van der Waals surface area contributed by atoms with Crippen LogP contribution in [0, 0.1) is 0 Å². The van der Waals surface area contributed by atoms with Gasteiger partial charge in [0.15, 0.2) is 0 Å². The normalized spacial score (nSPS) is 14.3. The van der Waals surface area contributed by atoms with Crippen LogP contribution in [0.2, 0.25) is 5.02 Å². The molecule has 2 N–H and O–H groups in total. The number of nitrogen functional groups attached to an aromatic ring is 1. The third-order valence-electron chi connectivity index (χ3n) is 6.92. The summed E-state index contributed by atoms with van der Waals surface area (Å²) in [5.74, 6) is 0.614. The van der Waals surface area contributed by atoms with Gasteiger partial charge in [0.25, 0.3) is 5.56 Å². The molecular weight excluding hydrogens is 550 g/mol. The zero-order valence-electron chi connectivity index (χ0n) is 22.0. The fourth-order valence-corrected chi connectivity index (χ4v) is 6.54. The molecule has 11 heteroatoms. The van der Waals surface area contributed by atoms with Gasteiger partial charge in [0.1, 0.15) is 5.75 Å². The van der Waals surface area contributed by atoms with E-state index < -0.39 is 10.0 Å². The van der Waals surface area contributed by atoms with Gasteiger partial charge in [-0.3, -0.25) is 4.79 Å². The van der Waals surface area contributed by atoms with Crippen LogP contribution in [0.15, 0.2) is 83.8 Å². The van der Waals surface area contributed by atoms with Gasteiger partial charge >= 0.3 is 0 Å². The van der Waals surface area contributed by atoms with E-state index in [1.807, 2.05) is 29.2 Å². The Hall–Kier alpha value is -3.86. The summed E-state index contributed by atoms with van der Waals surface area (Å²) in [6.07, 6.45) is 2.05. The molecule has 1 aromatic heterocycles. The lowest BCUT2D eigenvalue weighted by atomic mass is 10.0. The lowest BCUT2D eigenvalue weighted by Gasteiger charge is -2.36. The van der Waals surface area contributed by atoms with Crippen molar-refractivity contribution in [3.8, 4) is 11.4 Å². The Morgan fingerprint density at radius 2 is 1.68 bits per heavy atom. The van der Waals surface area contributed by atoms with E-state index >= 15 is 0 Å². The predicted octanol–water partition coefficient (Wildman–Crippen LogP) is 3.72. The van der Waals surface area contributed by atoms with Crippen LogP contribution >= 0.6 is 11.6 Å². The van der Waals surface area contributed by atoms with Crippen LogP contribution in [-0.4, -0.2) is 55.8 Å². The van der Waals surface area contributed by atoms with Gasteiger partial charge in [-0.05, 0) is 53.6 Å². The van der Waals surface area contributed by atoms with E-state index in [1.165, 1.54) is 8.99 Å². The Kier molecular flexibility index (Phi) is 8.11. The average Bonchev–Trinajstić information content (AvgIpc) is 2.94. The average molecular weight is 580 g/mol. The van der Waals surface area contributed by atoms with Gasteiger partial charge in [0, 0.05) is 48.9 Å².